The van der Waals surface area contributed by atoms with Crippen LogP contribution in [0, 0.1) is 0 Å². The average molecular weight is 560 g/mol. The van der Waals surface area contributed by atoms with Gasteiger partial charge in [0.15, 0.2) is 0 Å². The number of nitrogens with one attached hydrogen (secondary N) is 1. The van der Waals surface area contributed by atoms with Crippen LogP contribution >= 0.6 is 11.6 Å². The van der Waals surface area contributed by atoms with E-state index < -0.39 is 28.5 Å². The van der Waals surface area contributed by atoms with Crippen LogP contribution in [0.25, 0.3) is 0 Å². The molecule has 0 unspecified atom stereocenters. The Bertz CT molecular complexity index is 1350. The maximum absolute atomic E-state index is 13.8. The first-order valence-corrected chi connectivity index (χ1v) is 13.5. The molecule has 0 saturated carbocycles. The van der Waals surface area contributed by atoms with Gasteiger partial charge in [-0.3, -0.25) is 13.9 Å². The fraction of sp³-hybridized carbons (Fsp3) is 0.259. The van der Waals surface area contributed by atoms with Gasteiger partial charge in [-0.15, -0.1) is 0 Å². The summed E-state index contributed by atoms with van der Waals surface area (Å²) in [6.07, 6.45) is 0. The Kier molecular flexibility index (Phi) is 9.60. The van der Waals surface area contributed by atoms with Gasteiger partial charge in [-0.2, -0.15) is 0 Å². The predicted molar refractivity (Wildman–Crippen MR) is 146 cm³/mol. The number of ether oxygens (including phenoxy) is 2. The van der Waals surface area contributed by atoms with Crippen LogP contribution in [0.2, 0.25) is 5.02 Å². The zero-order valence-corrected chi connectivity index (χ0v) is 23.1. The first kappa shape index (κ1) is 28.8. The van der Waals surface area contributed by atoms with Crippen LogP contribution in [-0.2, 0) is 26.2 Å². The molecule has 0 aliphatic carbocycles. The van der Waals surface area contributed by atoms with E-state index in [1.807, 2.05) is 0 Å². The topological polar surface area (TPSA) is 105 Å². The average Bonchev–Trinajstić information content (AvgIpc) is 2.94. The molecule has 202 valence electrons. The van der Waals surface area contributed by atoms with E-state index in [9.17, 15) is 18.0 Å². The molecule has 0 saturated heterocycles. The van der Waals surface area contributed by atoms with Crippen molar-refractivity contribution in [1.82, 2.24) is 10.2 Å². The number of amides is 2. The molecule has 0 aliphatic heterocycles. The fourth-order valence-electron chi connectivity index (χ4n) is 3.73. The fourth-order valence-corrected chi connectivity index (χ4v) is 5.27. The van der Waals surface area contributed by atoms with Crippen molar-refractivity contribution in [2.45, 2.75) is 24.4 Å². The molecular weight excluding hydrogens is 530 g/mol. The van der Waals surface area contributed by atoms with Gasteiger partial charge in [-0.25, -0.2) is 8.42 Å². The summed E-state index contributed by atoms with van der Waals surface area (Å²) in [5.74, 6) is 0.181. The lowest BCUT2D eigenvalue weighted by Gasteiger charge is -2.31. The molecular formula is C27H30ClN3O6S. The van der Waals surface area contributed by atoms with Crippen molar-refractivity contribution in [3.63, 3.8) is 0 Å². The molecule has 2 amide bonds. The number of anilines is 1. The number of nitrogens with zero attached hydrogens (tertiary/aromatic N) is 2. The summed E-state index contributed by atoms with van der Waals surface area (Å²) in [7, 11) is 0.320. The van der Waals surface area contributed by atoms with Crippen molar-refractivity contribution >= 4 is 39.1 Å². The number of benzene rings is 3. The number of rotatable bonds is 11. The molecule has 3 aromatic carbocycles. The van der Waals surface area contributed by atoms with Crippen LogP contribution in [0.3, 0.4) is 0 Å². The smallest absolute Gasteiger partial charge is 0.264 e. The lowest BCUT2D eigenvalue weighted by molar-refractivity contribution is -0.139. The minimum absolute atomic E-state index is 0.0258. The summed E-state index contributed by atoms with van der Waals surface area (Å²) < 4.78 is 38.8. The standard InChI is InChI=1S/C27H30ClN3O6S/c1-19(27(33)29-2)30(17-20-5-11-23(36-3)12-6-20)26(32)18-31(22-9-7-21(28)8-10-22)38(34,35)25-15-13-24(37-4)14-16-25/h5-16,19H,17-18H2,1-4H3,(H,29,33)/t19-/m1/s1. The van der Waals surface area contributed by atoms with Gasteiger partial charge in [0.2, 0.25) is 11.8 Å². The van der Waals surface area contributed by atoms with Crippen LogP contribution < -0.4 is 19.1 Å². The Morgan fingerprint density at radius 1 is 0.895 bits per heavy atom. The number of carbonyl (C=O) groups excluding carboxylic acids is 2. The molecule has 11 heteroatoms. The first-order chi connectivity index (χ1) is 18.1. The second-order valence-corrected chi connectivity index (χ2v) is 10.6. The van der Waals surface area contributed by atoms with Crippen LogP contribution in [0.4, 0.5) is 5.69 Å². The number of hydrogen-bond acceptors (Lipinski definition) is 6. The van der Waals surface area contributed by atoms with Crippen LogP contribution in [0.1, 0.15) is 12.5 Å². The first-order valence-electron chi connectivity index (χ1n) is 11.7. The molecule has 0 aliphatic rings. The summed E-state index contributed by atoms with van der Waals surface area (Å²) in [5.41, 5.74) is 0.988. The zero-order valence-electron chi connectivity index (χ0n) is 21.5. The third kappa shape index (κ3) is 6.76. The summed E-state index contributed by atoms with van der Waals surface area (Å²) in [4.78, 5) is 27.6. The van der Waals surface area contributed by atoms with Crippen LogP contribution in [-0.4, -0.2) is 59.0 Å². The highest BCUT2D eigenvalue weighted by atomic mass is 35.5. The number of carbonyl (C=O) groups is 2. The summed E-state index contributed by atoms with van der Waals surface area (Å²) in [6.45, 7) is 1.12. The van der Waals surface area contributed by atoms with Crippen molar-refractivity contribution in [1.29, 1.82) is 0 Å². The van der Waals surface area contributed by atoms with Gasteiger partial charge in [0.1, 0.15) is 24.1 Å². The van der Waals surface area contributed by atoms with E-state index in [0.717, 1.165) is 9.87 Å². The zero-order chi connectivity index (χ0) is 27.9. The molecule has 3 aromatic rings. The molecule has 1 N–H and O–H groups in total. The largest absolute Gasteiger partial charge is 0.497 e. The van der Waals surface area contributed by atoms with E-state index >= 15 is 0 Å². The van der Waals surface area contributed by atoms with Crippen molar-refractivity contribution in [3.8, 4) is 11.5 Å². The maximum Gasteiger partial charge on any atom is 0.264 e. The van der Waals surface area contributed by atoms with E-state index in [0.29, 0.717) is 16.5 Å². The molecule has 0 aromatic heterocycles. The highest BCUT2D eigenvalue weighted by Crippen LogP contribution is 2.27. The molecule has 3 rings (SSSR count). The van der Waals surface area contributed by atoms with E-state index in [4.69, 9.17) is 21.1 Å². The maximum atomic E-state index is 13.8. The van der Waals surface area contributed by atoms with Crippen molar-refractivity contribution in [2.24, 2.45) is 0 Å². The lowest BCUT2D eigenvalue weighted by atomic mass is 10.1. The molecule has 0 heterocycles. The Balaban J connectivity index is 2.01. The highest BCUT2D eigenvalue weighted by Gasteiger charge is 2.32. The third-order valence-electron chi connectivity index (χ3n) is 5.97. The SMILES string of the molecule is CNC(=O)[C@@H](C)N(Cc1ccc(OC)cc1)C(=O)CN(c1ccc(Cl)cc1)S(=O)(=O)c1ccc(OC)cc1. The molecule has 0 bridgehead atoms. The van der Waals surface area contributed by atoms with Gasteiger partial charge in [0.05, 0.1) is 24.8 Å². The molecule has 0 radical (unpaired) electrons. The van der Waals surface area contributed by atoms with E-state index in [1.165, 1.54) is 55.5 Å². The van der Waals surface area contributed by atoms with E-state index in [2.05, 4.69) is 5.32 Å². The van der Waals surface area contributed by atoms with Gasteiger partial charge in [-0.1, -0.05) is 23.7 Å². The Hall–Kier alpha value is -3.76. The number of halogens is 1. The third-order valence-corrected chi connectivity index (χ3v) is 8.01. The predicted octanol–water partition coefficient (Wildman–Crippen LogP) is 3.72. The van der Waals surface area contributed by atoms with Gasteiger partial charge in [0.25, 0.3) is 10.0 Å². The Labute approximate surface area is 228 Å². The van der Waals surface area contributed by atoms with Crippen molar-refractivity contribution in [3.05, 3.63) is 83.4 Å². The number of likely N-dealkylation sites (N-methyl/N-ethyl adjacent to an activating group) is 1. The molecule has 0 spiro atoms. The van der Waals surface area contributed by atoms with Crippen molar-refractivity contribution in [2.75, 3.05) is 32.1 Å². The van der Waals surface area contributed by atoms with Crippen molar-refractivity contribution < 1.29 is 27.5 Å². The second-order valence-electron chi connectivity index (χ2n) is 8.32. The Morgan fingerprint density at radius 3 is 1.92 bits per heavy atom. The van der Waals surface area contributed by atoms with Gasteiger partial charge < -0.3 is 19.7 Å². The van der Waals surface area contributed by atoms with Crippen LogP contribution in [0.5, 0.6) is 11.5 Å². The minimum atomic E-state index is -4.18. The Morgan fingerprint density at radius 2 is 1.42 bits per heavy atom. The minimum Gasteiger partial charge on any atom is -0.497 e. The molecule has 0 fully saturated rings. The van der Waals surface area contributed by atoms with Gasteiger partial charge in [-0.05, 0) is 73.2 Å². The van der Waals surface area contributed by atoms with Crippen LogP contribution in [0.15, 0.2) is 77.7 Å². The van der Waals surface area contributed by atoms with Gasteiger partial charge >= 0.3 is 0 Å². The normalized spacial score (nSPS) is 11.8. The molecule has 1 atom stereocenters. The van der Waals surface area contributed by atoms with E-state index in [-0.39, 0.29) is 23.0 Å². The summed E-state index contributed by atoms with van der Waals surface area (Å²) >= 11 is 6.03. The molecule has 38 heavy (non-hydrogen) atoms. The highest BCUT2D eigenvalue weighted by molar-refractivity contribution is 7.92. The summed E-state index contributed by atoms with van der Waals surface area (Å²) in [6, 6.07) is 18.2. The quantitative estimate of drug-likeness (QED) is 0.384. The lowest BCUT2D eigenvalue weighted by Crippen LogP contribution is -2.50. The molecule has 9 nitrogen and oxygen atoms in total. The number of hydrogen-bond donors (Lipinski definition) is 1. The van der Waals surface area contributed by atoms with E-state index in [1.54, 1.807) is 50.4 Å². The van der Waals surface area contributed by atoms with Gasteiger partial charge in [0, 0.05) is 18.6 Å². The number of methoxy groups -OCH3 is 2. The summed E-state index contributed by atoms with van der Waals surface area (Å²) in [5, 5.41) is 2.96. The monoisotopic (exact) mass is 559 g/mol. The second kappa shape index (κ2) is 12.7. The number of sulfonamides is 1.